The van der Waals surface area contributed by atoms with Crippen LogP contribution in [0.1, 0.15) is 43.3 Å². The summed E-state index contributed by atoms with van der Waals surface area (Å²) in [7, 11) is 0. The van der Waals surface area contributed by atoms with E-state index in [0.29, 0.717) is 29.6 Å². The number of amides is 1. The highest BCUT2D eigenvalue weighted by Gasteiger charge is 2.31. The lowest BCUT2D eigenvalue weighted by Crippen LogP contribution is -2.51. The summed E-state index contributed by atoms with van der Waals surface area (Å²) in [6.45, 7) is 7.01. The monoisotopic (exact) mass is 826 g/mol. The van der Waals surface area contributed by atoms with Gasteiger partial charge in [0.1, 0.15) is 12.4 Å². The van der Waals surface area contributed by atoms with Gasteiger partial charge in [-0.1, -0.05) is 67.6 Å². The first-order chi connectivity index (χ1) is 27.7. The molecule has 5 aromatic rings. The van der Waals surface area contributed by atoms with E-state index in [1.165, 1.54) is 24.3 Å². The van der Waals surface area contributed by atoms with E-state index in [1.807, 2.05) is 32.9 Å². The SMILES string of the molecule is CCNC(C)(C)CN(Cc1ccc(-c2ccc(C(F)(F)F)cc2)cc1)C(=O)Cn1c(CCc2cccc(F)c2F)nc(=O)c2ccccc21.O=C(O)[C@H](O)[C@@H](O)C(=O)O. The van der Waals surface area contributed by atoms with E-state index in [4.69, 9.17) is 20.4 Å². The summed E-state index contributed by atoms with van der Waals surface area (Å²) < 4.78 is 69.2. The second kappa shape index (κ2) is 19.6. The van der Waals surface area contributed by atoms with Gasteiger partial charge in [0.2, 0.25) is 5.91 Å². The van der Waals surface area contributed by atoms with Gasteiger partial charge in [-0.15, -0.1) is 0 Å². The number of para-hydroxylation sites is 1. The summed E-state index contributed by atoms with van der Waals surface area (Å²) in [5, 5.41) is 36.3. The lowest BCUT2D eigenvalue weighted by molar-refractivity contribution is -0.165. The number of benzene rings is 4. The Morgan fingerprint density at radius 3 is 1.95 bits per heavy atom. The maximum Gasteiger partial charge on any atom is 0.416 e. The minimum absolute atomic E-state index is 0.0605. The Morgan fingerprint density at radius 2 is 1.39 bits per heavy atom. The molecule has 17 heteroatoms. The van der Waals surface area contributed by atoms with Crippen molar-refractivity contribution in [1.29, 1.82) is 0 Å². The molecular formula is C42H43F5N4O8. The number of alkyl halides is 3. The Bertz CT molecular complexity index is 2300. The lowest BCUT2D eigenvalue weighted by atomic mass is 10.0. The van der Waals surface area contributed by atoms with Crippen molar-refractivity contribution in [2.24, 2.45) is 0 Å². The standard InChI is InChI=1S/C38H37F5N4O2.C4H6O6/c1-4-44-37(2,3)24-46(22-25-12-14-26(15-13-25)27-16-19-29(20-17-27)38(41,42)43)34(48)23-47-32-11-6-5-9-30(32)36(49)45-33(47)21-18-28-8-7-10-31(39)35(28)40;5-1(3(7)8)2(6)4(9)10/h5-17,19-20,44H,4,18,21-24H2,1-3H3;1-2,5-6H,(H,7,8)(H,9,10)/t;1-,2-/m.1/s1. The van der Waals surface area contributed by atoms with E-state index in [9.17, 15) is 41.1 Å². The highest BCUT2D eigenvalue weighted by molar-refractivity contribution is 5.83. The number of aromatic nitrogens is 2. The van der Waals surface area contributed by atoms with Gasteiger partial charge in [0.05, 0.1) is 16.5 Å². The molecule has 0 radical (unpaired) electrons. The molecule has 2 atom stereocenters. The molecule has 1 amide bonds. The van der Waals surface area contributed by atoms with Crippen molar-refractivity contribution in [1.82, 2.24) is 19.8 Å². The summed E-state index contributed by atoms with van der Waals surface area (Å²) in [6.07, 6.45) is -8.81. The van der Waals surface area contributed by atoms with Crippen LogP contribution in [0.15, 0.2) is 95.8 Å². The number of carboxylic acid groups (broad SMARTS) is 2. The van der Waals surface area contributed by atoms with Gasteiger partial charge in [0, 0.05) is 25.0 Å². The quantitative estimate of drug-likeness (QED) is 0.0853. The zero-order chi connectivity index (χ0) is 43.7. The summed E-state index contributed by atoms with van der Waals surface area (Å²) >= 11 is 0. The van der Waals surface area contributed by atoms with Gasteiger partial charge in [-0.25, -0.2) is 18.4 Å². The van der Waals surface area contributed by atoms with Crippen LogP contribution >= 0.6 is 0 Å². The highest BCUT2D eigenvalue weighted by atomic mass is 19.4. The number of nitrogens with zero attached hydrogens (tertiary/aromatic N) is 3. The number of carboxylic acids is 2. The predicted molar refractivity (Wildman–Crippen MR) is 207 cm³/mol. The van der Waals surface area contributed by atoms with Crippen LogP contribution in [-0.2, 0) is 46.5 Å². The van der Waals surface area contributed by atoms with Crippen molar-refractivity contribution in [3.63, 3.8) is 0 Å². The van der Waals surface area contributed by atoms with Crippen LogP contribution in [0.25, 0.3) is 22.0 Å². The van der Waals surface area contributed by atoms with Gasteiger partial charge in [-0.3, -0.25) is 9.59 Å². The molecule has 314 valence electrons. The van der Waals surface area contributed by atoms with Crippen molar-refractivity contribution in [3.05, 3.63) is 135 Å². The Kier molecular flexibility index (Phi) is 15.2. The van der Waals surface area contributed by atoms with Crippen LogP contribution in [-0.4, -0.2) is 83.6 Å². The molecule has 0 bridgehead atoms. The molecule has 0 saturated carbocycles. The molecule has 0 spiro atoms. The molecule has 0 fully saturated rings. The van der Waals surface area contributed by atoms with Crippen molar-refractivity contribution in [2.75, 3.05) is 13.1 Å². The fourth-order valence-electron chi connectivity index (χ4n) is 6.25. The molecule has 0 aliphatic rings. The normalized spacial score (nSPS) is 12.6. The molecule has 0 saturated heterocycles. The number of aliphatic hydroxyl groups excluding tert-OH is 2. The predicted octanol–water partition coefficient (Wildman–Crippen LogP) is 5.44. The highest BCUT2D eigenvalue weighted by Crippen LogP contribution is 2.31. The largest absolute Gasteiger partial charge is 0.479 e. The fourth-order valence-corrected chi connectivity index (χ4v) is 6.25. The number of likely N-dealkylation sites (N-methyl/N-ethyl adjacent to an activating group) is 1. The van der Waals surface area contributed by atoms with Gasteiger partial charge in [-0.05, 0) is 79.4 Å². The Hall–Kier alpha value is -6.04. The topological polar surface area (TPSA) is 182 Å². The summed E-state index contributed by atoms with van der Waals surface area (Å²) in [4.78, 5) is 52.7. The molecule has 5 rings (SSSR count). The Morgan fingerprint density at radius 1 is 0.814 bits per heavy atom. The van der Waals surface area contributed by atoms with Crippen molar-refractivity contribution in [2.45, 2.75) is 70.6 Å². The first-order valence-electron chi connectivity index (χ1n) is 18.2. The molecule has 0 aliphatic heterocycles. The molecule has 5 N–H and O–H groups in total. The maximum absolute atomic E-state index is 14.5. The molecule has 0 aliphatic carbocycles. The van der Waals surface area contributed by atoms with Gasteiger partial charge >= 0.3 is 18.1 Å². The van der Waals surface area contributed by atoms with Crippen molar-refractivity contribution in [3.8, 4) is 11.1 Å². The number of aliphatic hydroxyl groups is 2. The summed E-state index contributed by atoms with van der Waals surface area (Å²) in [5.41, 5.74) is 1.13. The van der Waals surface area contributed by atoms with Crippen LogP contribution in [0.4, 0.5) is 22.0 Å². The van der Waals surface area contributed by atoms with Gasteiger partial charge < -0.3 is 35.2 Å². The van der Waals surface area contributed by atoms with Crippen LogP contribution < -0.4 is 10.9 Å². The Labute approximate surface area is 335 Å². The number of aliphatic carboxylic acids is 2. The van der Waals surface area contributed by atoms with Crippen LogP contribution in [0.2, 0.25) is 0 Å². The average molecular weight is 827 g/mol. The number of hydrogen-bond donors (Lipinski definition) is 5. The van der Waals surface area contributed by atoms with E-state index >= 15 is 0 Å². The summed E-state index contributed by atoms with van der Waals surface area (Å²) in [5.74, 6) is -5.46. The van der Waals surface area contributed by atoms with Gasteiger partial charge in [0.25, 0.3) is 5.56 Å². The zero-order valence-corrected chi connectivity index (χ0v) is 32.2. The lowest BCUT2D eigenvalue weighted by Gasteiger charge is -2.34. The molecule has 1 heterocycles. The average Bonchev–Trinajstić information content (AvgIpc) is 3.19. The van der Waals surface area contributed by atoms with Gasteiger partial charge in [-0.2, -0.15) is 18.2 Å². The van der Waals surface area contributed by atoms with Crippen molar-refractivity contribution < 1.29 is 56.8 Å². The number of nitrogens with one attached hydrogen (secondary N) is 1. The molecule has 0 unspecified atom stereocenters. The molecule has 59 heavy (non-hydrogen) atoms. The number of carbonyl (C=O) groups excluding carboxylic acids is 1. The second-order valence-corrected chi connectivity index (χ2v) is 14.2. The third kappa shape index (κ3) is 12.2. The minimum atomic E-state index is -4.42. The number of rotatable bonds is 15. The fraction of sp³-hybridized carbons (Fsp3) is 0.310. The van der Waals surface area contributed by atoms with Crippen LogP contribution in [0.5, 0.6) is 0 Å². The number of halogens is 5. The van der Waals surface area contributed by atoms with Crippen molar-refractivity contribution >= 4 is 28.7 Å². The third-order valence-corrected chi connectivity index (χ3v) is 9.18. The van der Waals surface area contributed by atoms with E-state index in [0.717, 1.165) is 29.3 Å². The minimum Gasteiger partial charge on any atom is -0.479 e. The van der Waals surface area contributed by atoms with E-state index in [-0.39, 0.29) is 43.2 Å². The van der Waals surface area contributed by atoms with E-state index in [1.54, 1.807) is 45.9 Å². The third-order valence-electron chi connectivity index (χ3n) is 9.18. The summed E-state index contributed by atoms with van der Waals surface area (Å²) in [6, 6.07) is 23.0. The number of carbonyl (C=O) groups is 3. The molecular weight excluding hydrogens is 783 g/mol. The molecule has 1 aromatic heterocycles. The number of hydrogen-bond acceptors (Lipinski definition) is 8. The smallest absolute Gasteiger partial charge is 0.416 e. The van der Waals surface area contributed by atoms with Crippen LogP contribution in [0.3, 0.4) is 0 Å². The zero-order valence-electron chi connectivity index (χ0n) is 32.2. The van der Waals surface area contributed by atoms with E-state index in [2.05, 4.69) is 10.3 Å². The first kappa shape index (κ1) is 45.7. The number of aryl methyl sites for hydroxylation is 2. The van der Waals surface area contributed by atoms with Crippen LogP contribution in [0, 0.1) is 11.6 Å². The molecule has 12 nitrogen and oxygen atoms in total. The maximum atomic E-state index is 14.5. The van der Waals surface area contributed by atoms with E-state index < -0.39 is 58.6 Å². The Balaban J connectivity index is 0.000000680. The number of fused-ring (bicyclic) bond motifs is 1. The first-order valence-corrected chi connectivity index (χ1v) is 18.2. The van der Waals surface area contributed by atoms with Gasteiger partial charge in [0.15, 0.2) is 23.8 Å². The second-order valence-electron chi connectivity index (χ2n) is 14.2. The molecule has 4 aromatic carbocycles.